The van der Waals surface area contributed by atoms with Crippen LogP contribution in [0.2, 0.25) is 0 Å². The normalized spacial score (nSPS) is 17.9. The topological polar surface area (TPSA) is 32.3 Å². The molecule has 1 N–H and O–H groups in total. The van der Waals surface area contributed by atoms with E-state index >= 15 is 0 Å². The first-order valence-corrected chi connectivity index (χ1v) is 6.84. The SMILES string of the molecule is CN1C(=O)Nc2ccc(Br)cc2[C@@H]1c1ccccc1. The predicted molar refractivity (Wildman–Crippen MR) is 79.2 cm³/mol. The highest BCUT2D eigenvalue weighted by Crippen LogP contribution is 2.37. The van der Waals surface area contributed by atoms with E-state index in [0.717, 1.165) is 21.3 Å². The zero-order valence-corrected chi connectivity index (χ0v) is 12.0. The molecule has 0 aliphatic carbocycles. The molecule has 2 amide bonds. The molecular weight excluding hydrogens is 304 g/mol. The minimum Gasteiger partial charge on any atom is -0.316 e. The largest absolute Gasteiger partial charge is 0.322 e. The van der Waals surface area contributed by atoms with Gasteiger partial charge in [0.25, 0.3) is 0 Å². The third-order valence-electron chi connectivity index (χ3n) is 3.37. The molecule has 3 rings (SSSR count). The number of benzene rings is 2. The van der Waals surface area contributed by atoms with Crippen LogP contribution >= 0.6 is 15.9 Å². The summed E-state index contributed by atoms with van der Waals surface area (Å²) in [6, 6.07) is 15.9. The molecule has 0 spiro atoms. The van der Waals surface area contributed by atoms with Crippen molar-refractivity contribution < 1.29 is 4.79 Å². The molecule has 0 unspecified atom stereocenters. The minimum atomic E-state index is -0.0799. The van der Waals surface area contributed by atoms with Crippen LogP contribution in [0.15, 0.2) is 53.0 Å². The number of carbonyl (C=O) groups is 1. The molecule has 19 heavy (non-hydrogen) atoms. The quantitative estimate of drug-likeness (QED) is 0.846. The van der Waals surface area contributed by atoms with E-state index in [4.69, 9.17) is 0 Å². The zero-order chi connectivity index (χ0) is 13.4. The standard InChI is InChI=1S/C15H13BrN2O/c1-18-14(10-5-3-2-4-6-10)12-9-11(16)7-8-13(12)17-15(18)19/h2-9,14H,1H3,(H,17,19)/t14-/m0/s1. The van der Waals surface area contributed by atoms with Gasteiger partial charge in [-0.25, -0.2) is 4.79 Å². The molecule has 1 atom stereocenters. The Morgan fingerprint density at radius 2 is 1.89 bits per heavy atom. The summed E-state index contributed by atoms with van der Waals surface area (Å²) in [5, 5.41) is 2.90. The molecule has 0 aromatic heterocycles. The zero-order valence-electron chi connectivity index (χ0n) is 10.4. The molecular formula is C15H13BrN2O. The van der Waals surface area contributed by atoms with Gasteiger partial charge in [0.15, 0.2) is 0 Å². The monoisotopic (exact) mass is 316 g/mol. The first-order chi connectivity index (χ1) is 9.16. The predicted octanol–water partition coefficient (Wildman–Crippen LogP) is 4.02. The van der Waals surface area contributed by atoms with E-state index in [1.807, 2.05) is 49.5 Å². The number of amides is 2. The van der Waals surface area contributed by atoms with Gasteiger partial charge in [0.2, 0.25) is 0 Å². The van der Waals surface area contributed by atoms with Crippen molar-refractivity contribution in [2.75, 3.05) is 12.4 Å². The first kappa shape index (κ1) is 12.2. The van der Waals surface area contributed by atoms with Gasteiger partial charge in [-0.2, -0.15) is 0 Å². The second-order valence-electron chi connectivity index (χ2n) is 4.59. The number of anilines is 1. The molecule has 0 saturated carbocycles. The van der Waals surface area contributed by atoms with Gasteiger partial charge in [-0.05, 0) is 23.8 Å². The fraction of sp³-hybridized carbons (Fsp3) is 0.133. The third kappa shape index (κ3) is 2.12. The molecule has 96 valence electrons. The average molecular weight is 317 g/mol. The number of rotatable bonds is 1. The Morgan fingerprint density at radius 1 is 1.16 bits per heavy atom. The Bertz CT molecular complexity index is 627. The molecule has 1 heterocycles. The van der Waals surface area contributed by atoms with Crippen molar-refractivity contribution in [2.24, 2.45) is 0 Å². The van der Waals surface area contributed by atoms with Gasteiger partial charge >= 0.3 is 6.03 Å². The Morgan fingerprint density at radius 3 is 2.63 bits per heavy atom. The van der Waals surface area contributed by atoms with E-state index in [1.165, 1.54) is 0 Å². The second kappa shape index (κ2) is 4.70. The smallest absolute Gasteiger partial charge is 0.316 e. The fourth-order valence-electron chi connectivity index (χ4n) is 2.44. The van der Waals surface area contributed by atoms with E-state index in [0.29, 0.717) is 0 Å². The number of nitrogens with one attached hydrogen (secondary N) is 1. The van der Waals surface area contributed by atoms with Crippen molar-refractivity contribution in [2.45, 2.75) is 6.04 Å². The summed E-state index contributed by atoms with van der Waals surface area (Å²) in [5.74, 6) is 0. The van der Waals surface area contributed by atoms with E-state index in [2.05, 4.69) is 27.3 Å². The van der Waals surface area contributed by atoms with E-state index in [9.17, 15) is 4.79 Å². The van der Waals surface area contributed by atoms with Crippen molar-refractivity contribution in [1.82, 2.24) is 4.90 Å². The van der Waals surface area contributed by atoms with Crippen molar-refractivity contribution in [3.63, 3.8) is 0 Å². The minimum absolute atomic E-state index is 0.0533. The maximum atomic E-state index is 12.0. The Hall–Kier alpha value is -1.81. The molecule has 0 radical (unpaired) electrons. The number of hydrogen-bond acceptors (Lipinski definition) is 1. The van der Waals surface area contributed by atoms with E-state index in [-0.39, 0.29) is 12.1 Å². The molecule has 0 bridgehead atoms. The summed E-state index contributed by atoms with van der Waals surface area (Å²) in [5.41, 5.74) is 3.09. The van der Waals surface area contributed by atoms with Gasteiger partial charge < -0.3 is 10.2 Å². The lowest BCUT2D eigenvalue weighted by molar-refractivity contribution is 0.209. The van der Waals surface area contributed by atoms with Crippen LogP contribution < -0.4 is 5.32 Å². The number of hydrogen-bond donors (Lipinski definition) is 1. The number of halogens is 1. The Kier molecular flexibility index (Phi) is 3.03. The van der Waals surface area contributed by atoms with Gasteiger partial charge in [0.05, 0.1) is 6.04 Å². The summed E-state index contributed by atoms with van der Waals surface area (Å²) in [4.78, 5) is 13.8. The van der Waals surface area contributed by atoms with Crippen LogP contribution in [-0.4, -0.2) is 18.0 Å². The average Bonchev–Trinajstić information content (AvgIpc) is 2.42. The highest BCUT2D eigenvalue weighted by atomic mass is 79.9. The number of fused-ring (bicyclic) bond motifs is 1. The highest BCUT2D eigenvalue weighted by Gasteiger charge is 2.30. The van der Waals surface area contributed by atoms with Crippen LogP contribution in [0, 0.1) is 0 Å². The summed E-state index contributed by atoms with van der Waals surface area (Å²) < 4.78 is 1.01. The highest BCUT2D eigenvalue weighted by molar-refractivity contribution is 9.10. The van der Waals surface area contributed by atoms with Crippen molar-refractivity contribution in [3.05, 3.63) is 64.1 Å². The molecule has 2 aromatic rings. The van der Waals surface area contributed by atoms with Crippen LogP contribution in [0.1, 0.15) is 17.2 Å². The number of nitrogens with zero attached hydrogens (tertiary/aromatic N) is 1. The number of urea groups is 1. The second-order valence-corrected chi connectivity index (χ2v) is 5.50. The van der Waals surface area contributed by atoms with E-state index < -0.39 is 0 Å². The molecule has 3 nitrogen and oxygen atoms in total. The summed E-state index contributed by atoms with van der Waals surface area (Å²) >= 11 is 3.49. The van der Waals surface area contributed by atoms with Crippen molar-refractivity contribution in [1.29, 1.82) is 0 Å². The maximum absolute atomic E-state index is 12.0. The van der Waals surface area contributed by atoms with E-state index in [1.54, 1.807) is 4.90 Å². The van der Waals surface area contributed by atoms with Gasteiger partial charge in [0.1, 0.15) is 0 Å². The Labute approximate surface area is 120 Å². The Balaban J connectivity index is 2.17. The van der Waals surface area contributed by atoms with Gasteiger partial charge in [-0.15, -0.1) is 0 Å². The lowest BCUT2D eigenvalue weighted by Gasteiger charge is -2.35. The van der Waals surface area contributed by atoms with Crippen molar-refractivity contribution >= 4 is 27.6 Å². The molecule has 1 aliphatic heterocycles. The lowest BCUT2D eigenvalue weighted by atomic mass is 9.94. The van der Waals surface area contributed by atoms with Crippen molar-refractivity contribution in [3.8, 4) is 0 Å². The molecule has 4 heteroatoms. The first-order valence-electron chi connectivity index (χ1n) is 6.05. The van der Waals surface area contributed by atoms with Crippen LogP contribution in [0.4, 0.5) is 10.5 Å². The summed E-state index contributed by atoms with van der Waals surface area (Å²) in [7, 11) is 1.82. The van der Waals surface area contributed by atoms with Gasteiger partial charge in [0, 0.05) is 22.8 Å². The van der Waals surface area contributed by atoms with Crippen LogP contribution in [0.5, 0.6) is 0 Å². The van der Waals surface area contributed by atoms with Gasteiger partial charge in [-0.1, -0.05) is 46.3 Å². The fourth-order valence-corrected chi connectivity index (χ4v) is 2.82. The summed E-state index contributed by atoms with van der Waals surface area (Å²) in [6.45, 7) is 0. The molecule has 2 aromatic carbocycles. The molecule has 0 fully saturated rings. The lowest BCUT2D eigenvalue weighted by Crippen LogP contribution is -2.39. The number of carbonyl (C=O) groups excluding carboxylic acids is 1. The van der Waals surface area contributed by atoms with Crippen LogP contribution in [0.25, 0.3) is 0 Å². The van der Waals surface area contributed by atoms with Gasteiger partial charge in [-0.3, -0.25) is 0 Å². The van der Waals surface area contributed by atoms with Crippen LogP contribution in [0.3, 0.4) is 0 Å². The third-order valence-corrected chi connectivity index (χ3v) is 3.87. The molecule has 0 saturated heterocycles. The molecule has 1 aliphatic rings. The van der Waals surface area contributed by atoms with Crippen LogP contribution in [-0.2, 0) is 0 Å². The maximum Gasteiger partial charge on any atom is 0.322 e. The summed E-state index contributed by atoms with van der Waals surface area (Å²) in [6.07, 6.45) is 0.